The van der Waals surface area contributed by atoms with Crippen molar-refractivity contribution in [1.29, 1.82) is 5.26 Å². The Morgan fingerprint density at radius 2 is 2.07 bits per heavy atom. The Kier molecular flexibility index (Phi) is 8.34. The van der Waals surface area contributed by atoms with Crippen LogP contribution in [0.5, 0.6) is 0 Å². The molecule has 230 valence electrons. The maximum Gasteiger partial charge on any atom is 0.386 e. The first-order valence-corrected chi connectivity index (χ1v) is 18.1. The maximum absolute atomic E-state index is 13.3. The summed E-state index contributed by atoms with van der Waals surface area (Å²) in [4.78, 5) is 41.8. The minimum Gasteiger partial charge on any atom is -0.387 e. The fraction of sp³-hybridized carbons (Fsp3) is 0.524. The summed E-state index contributed by atoms with van der Waals surface area (Å²) in [6, 6.07) is 1.71. The molecule has 2 bridgehead atoms. The van der Waals surface area contributed by atoms with Crippen LogP contribution in [0.3, 0.4) is 0 Å². The van der Waals surface area contributed by atoms with Crippen LogP contribution in [0.1, 0.15) is 24.6 Å². The molecule has 1 saturated carbocycles. The number of aliphatic hydroxyl groups excluding tert-OH is 1. The first-order valence-electron chi connectivity index (χ1n) is 12.8. The van der Waals surface area contributed by atoms with E-state index in [1.165, 1.54) is 23.4 Å². The fourth-order valence-corrected chi connectivity index (χ4v) is 8.31. The van der Waals surface area contributed by atoms with Crippen molar-refractivity contribution in [3.63, 3.8) is 0 Å². The van der Waals surface area contributed by atoms with E-state index in [0.717, 1.165) is 0 Å². The third-order valence-corrected chi connectivity index (χ3v) is 10.4. The van der Waals surface area contributed by atoms with E-state index in [0.29, 0.717) is 18.7 Å². The number of imidazole rings is 1. The quantitative estimate of drug-likeness (QED) is 0.164. The summed E-state index contributed by atoms with van der Waals surface area (Å²) in [6.45, 7) is -8.74. The molecule has 0 radical (unpaired) electrons. The van der Waals surface area contributed by atoms with Gasteiger partial charge in [0.2, 0.25) is 5.95 Å². The SMILES string of the molecule is N#Cc1cncnc1N[C@@H]1C[C@@H]2COP(O)(=S)O[C@@H]3[C@H](O)C(COP(=O)(S)O[C@H]2C1)O[C@H]3n1cnc2c(=O)[nH]c(N)nc21. The third-order valence-electron chi connectivity index (χ3n) is 7.22. The van der Waals surface area contributed by atoms with Crippen LogP contribution in [0.25, 0.3) is 11.2 Å². The number of aliphatic hydroxyl groups is 1. The maximum atomic E-state index is 13.3. The summed E-state index contributed by atoms with van der Waals surface area (Å²) in [6.07, 6.45) is -1.41. The number of aromatic nitrogens is 6. The lowest BCUT2D eigenvalue weighted by atomic mass is 10.1. The van der Waals surface area contributed by atoms with Gasteiger partial charge in [-0.15, -0.1) is 0 Å². The molecule has 18 nitrogen and oxygen atoms in total. The Bertz CT molecular complexity index is 1740. The Balaban J connectivity index is 1.27. The van der Waals surface area contributed by atoms with Gasteiger partial charge in [-0.05, 0) is 24.6 Å². The highest BCUT2D eigenvalue weighted by molar-refractivity contribution is 8.44. The van der Waals surface area contributed by atoms with Crippen molar-refractivity contribution >= 4 is 60.5 Å². The number of H-pyrrole nitrogens is 1. The normalized spacial score (nSPS) is 36.7. The van der Waals surface area contributed by atoms with Crippen molar-refractivity contribution in [2.45, 2.75) is 49.5 Å². The van der Waals surface area contributed by atoms with Gasteiger partial charge in [0.25, 0.3) is 5.56 Å². The minimum atomic E-state index is -4.06. The van der Waals surface area contributed by atoms with E-state index in [1.807, 2.05) is 6.07 Å². The number of aromatic amines is 1. The molecule has 0 amide bonds. The summed E-state index contributed by atoms with van der Waals surface area (Å²) in [7, 11) is 0. The predicted octanol–water partition coefficient (Wildman–Crippen LogP) is 0.584. The van der Waals surface area contributed by atoms with Crippen LogP contribution in [-0.4, -0.2) is 83.2 Å². The van der Waals surface area contributed by atoms with Gasteiger partial charge in [0, 0.05) is 12.0 Å². The molecular formula is C21H25N9O9P2S2. The number of hydrogen-bond acceptors (Lipinski definition) is 16. The second-order valence-electron chi connectivity index (χ2n) is 10.0. The van der Waals surface area contributed by atoms with Crippen molar-refractivity contribution in [3.05, 3.63) is 34.8 Å². The lowest BCUT2D eigenvalue weighted by Gasteiger charge is -2.27. The Morgan fingerprint density at radius 1 is 1.26 bits per heavy atom. The van der Waals surface area contributed by atoms with Gasteiger partial charge in [-0.3, -0.25) is 27.9 Å². The highest BCUT2D eigenvalue weighted by Crippen LogP contribution is 2.58. The summed E-state index contributed by atoms with van der Waals surface area (Å²) >= 11 is 9.43. The van der Waals surface area contributed by atoms with Gasteiger partial charge in [-0.1, -0.05) is 12.2 Å². The largest absolute Gasteiger partial charge is 0.387 e. The van der Waals surface area contributed by atoms with Crippen molar-refractivity contribution in [3.8, 4) is 6.07 Å². The van der Waals surface area contributed by atoms with Crippen LogP contribution in [0.4, 0.5) is 11.8 Å². The first-order chi connectivity index (χ1) is 20.4. The number of nitrogens with two attached hydrogens (primary N) is 1. The van der Waals surface area contributed by atoms with Crippen LogP contribution in [-0.2, 0) is 39.2 Å². The topological polar surface area (TPSA) is 255 Å². The molecule has 2 aliphatic heterocycles. The molecule has 6 N–H and O–H groups in total. The van der Waals surface area contributed by atoms with Crippen LogP contribution in [0.2, 0.25) is 0 Å². The Morgan fingerprint density at radius 3 is 2.86 bits per heavy atom. The molecular weight excluding hydrogens is 648 g/mol. The van der Waals surface area contributed by atoms with Gasteiger partial charge in [0.15, 0.2) is 17.4 Å². The summed E-state index contributed by atoms with van der Waals surface area (Å²) in [5, 5.41) is 23.7. The van der Waals surface area contributed by atoms with Crippen molar-refractivity contribution in [2.24, 2.45) is 5.92 Å². The van der Waals surface area contributed by atoms with E-state index in [4.69, 9.17) is 40.4 Å². The second-order valence-corrected chi connectivity index (χ2v) is 15.7. The van der Waals surface area contributed by atoms with Gasteiger partial charge < -0.3 is 30.3 Å². The molecule has 3 aromatic heterocycles. The van der Waals surface area contributed by atoms with Gasteiger partial charge in [0.1, 0.15) is 42.1 Å². The summed E-state index contributed by atoms with van der Waals surface area (Å²) in [5.74, 6) is -0.348. The third kappa shape index (κ3) is 6.34. The first kappa shape index (κ1) is 30.5. The van der Waals surface area contributed by atoms with Crippen LogP contribution < -0.4 is 16.6 Å². The molecule has 2 saturated heterocycles. The number of nitrogens with one attached hydrogen (secondary N) is 2. The monoisotopic (exact) mass is 673 g/mol. The van der Waals surface area contributed by atoms with Crippen LogP contribution in [0, 0.1) is 17.2 Å². The molecule has 0 spiro atoms. The number of anilines is 2. The molecule has 9 atom stereocenters. The zero-order valence-corrected chi connectivity index (χ0v) is 25.4. The molecule has 3 aromatic rings. The zero-order chi connectivity index (χ0) is 30.5. The average molecular weight is 674 g/mol. The predicted molar refractivity (Wildman–Crippen MR) is 154 cm³/mol. The Labute approximate surface area is 252 Å². The molecule has 0 aromatic carbocycles. The van der Waals surface area contributed by atoms with Crippen molar-refractivity contribution in [1.82, 2.24) is 29.5 Å². The van der Waals surface area contributed by atoms with E-state index in [1.54, 1.807) is 0 Å². The van der Waals surface area contributed by atoms with Gasteiger partial charge in [-0.25, -0.2) is 19.5 Å². The lowest BCUT2D eigenvalue weighted by Crippen LogP contribution is -2.35. The number of fused-ring (bicyclic) bond motifs is 4. The van der Waals surface area contributed by atoms with Crippen molar-refractivity contribution in [2.75, 3.05) is 24.3 Å². The van der Waals surface area contributed by atoms with E-state index in [9.17, 15) is 24.6 Å². The molecule has 6 rings (SSSR count). The minimum absolute atomic E-state index is 0.0145. The second kappa shape index (κ2) is 11.8. The molecule has 1 aliphatic carbocycles. The number of hydrogen-bond donors (Lipinski definition) is 6. The lowest BCUT2D eigenvalue weighted by molar-refractivity contribution is -0.0496. The molecule has 43 heavy (non-hydrogen) atoms. The molecule has 3 aliphatic rings. The van der Waals surface area contributed by atoms with E-state index in [-0.39, 0.29) is 35.3 Å². The highest BCUT2D eigenvalue weighted by Gasteiger charge is 2.50. The van der Waals surface area contributed by atoms with Crippen LogP contribution in [0.15, 0.2) is 23.6 Å². The summed E-state index contributed by atoms with van der Waals surface area (Å²) < 4.78 is 43.4. The number of nitriles is 1. The zero-order valence-electron chi connectivity index (χ0n) is 21.9. The van der Waals surface area contributed by atoms with Gasteiger partial charge in [-0.2, -0.15) is 10.2 Å². The van der Waals surface area contributed by atoms with Crippen LogP contribution >= 0.6 is 25.8 Å². The highest BCUT2D eigenvalue weighted by atomic mass is 32.7. The van der Waals surface area contributed by atoms with Crippen molar-refractivity contribution < 1.29 is 37.4 Å². The van der Waals surface area contributed by atoms with Gasteiger partial charge in [0.05, 0.1) is 31.8 Å². The summed E-state index contributed by atoms with van der Waals surface area (Å²) in [5.41, 5.74) is 5.29. The van der Waals surface area contributed by atoms with E-state index < -0.39 is 62.2 Å². The molecule has 22 heteroatoms. The molecule has 3 unspecified atom stereocenters. The van der Waals surface area contributed by atoms with E-state index in [2.05, 4.69) is 42.5 Å². The molecule has 3 fully saturated rings. The number of nitrogens with zero attached hydrogens (tertiary/aromatic N) is 6. The standard InChI is InChI=1S/C21H25N9O9P2S2/c22-3-10-4-24-7-25-17(10)27-11-1-9-5-35-41(34,43)39-16-15(31)13(6-36-40(33,42)38-12(9)2-11)37-20(16)30-8-26-14-18(30)28-21(23)29-19(14)32/h4,7-9,11-13,15-16,20,31H,1-2,5-6H2,(H,33,42)(H,34,43)(H,24,25,27)(H3,23,28,29,32)/t9-,11-,12+,13?,15-,16-,20-,40?,41?/m1/s1. The number of thiol groups is 1. The van der Waals surface area contributed by atoms with Gasteiger partial charge >= 0.3 is 13.5 Å². The fourth-order valence-electron chi connectivity index (χ4n) is 5.29. The Hall–Kier alpha value is -2.53. The molecule has 5 heterocycles. The number of nitrogen functional groups attached to an aromatic ring is 1. The van der Waals surface area contributed by atoms with E-state index >= 15 is 0 Å². The number of ether oxygens (including phenoxy) is 1. The average Bonchev–Trinajstić information content (AvgIpc) is 3.62. The smallest absolute Gasteiger partial charge is 0.386 e. The number of rotatable bonds is 3.